The lowest BCUT2D eigenvalue weighted by Gasteiger charge is -2.13. The SMILES string of the molecule is COC(=O)c1ccc(NCC(C)SC)c(N)c1. The van der Waals surface area contributed by atoms with Gasteiger partial charge < -0.3 is 15.8 Å². The first-order chi connectivity index (χ1) is 8.08. The number of esters is 1. The molecule has 3 N–H and O–H groups in total. The Morgan fingerprint density at radius 3 is 2.82 bits per heavy atom. The number of rotatable bonds is 5. The molecule has 0 amide bonds. The summed E-state index contributed by atoms with van der Waals surface area (Å²) in [6.45, 7) is 2.97. The largest absolute Gasteiger partial charge is 0.465 e. The lowest BCUT2D eigenvalue weighted by Crippen LogP contribution is -2.14. The lowest BCUT2D eigenvalue weighted by atomic mass is 10.1. The number of anilines is 2. The summed E-state index contributed by atoms with van der Waals surface area (Å²) in [5.74, 6) is -0.374. The molecular formula is C12H18N2O2S. The zero-order valence-corrected chi connectivity index (χ0v) is 11.1. The maximum absolute atomic E-state index is 11.3. The molecule has 0 aliphatic carbocycles. The van der Waals surface area contributed by atoms with E-state index in [9.17, 15) is 4.79 Å². The Morgan fingerprint density at radius 2 is 2.29 bits per heavy atom. The summed E-state index contributed by atoms with van der Waals surface area (Å²) in [6.07, 6.45) is 2.07. The Morgan fingerprint density at radius 1 is 1.59 bits per heavy atom. The van der Waals surface area contributed by atoms with Gasteiger partial charge in [0, 0.05) is 11.8 Å². The van der Waals surface area contributed by atoms with E-state index in [1.807, 2.05) is 0 Å². The minimum atomic E-state index is -0.374. The number of carbonyl (C=O) groups excluding carboxylic acids is 1. The topological polar surface area (TPSA) is 64.3 Å². The second-order valence-corrected chi connectivity index (χ2v) is 5.00. The fourth-order valence-corrected chi connectivity index (χ4v) is 1.56. The van der Waals surface area contributed by atoms with Crippen LogP contribution in [0.4, 0.5) is 11.4 Å². The summed E-state index contributed by atoms with van der Waals surface area (Å²) in [5, 5.41) is 3.76. The zero-order chi connectivity index (χ0) is 12.8. The number of ether oxygens (including phenoxy) is 1. The molecule has 1 aromatic carbocycles. The third-order valence-electron chi connectivity index (χ3n) is 2.46. The first kappa shape index (κ1) is 13.7. The van der Waals surface area contributed by atoms with E-state index < -0.39 is 0 Å². The zero-order valence-electron chi connectivity index (χ0n) is 10.3. The molecular weight excluding hydrogens is 236 g/mol. The smallest absolute Gasteiger partial charge is 0.337 e. The van der Waals surface area contributed by atoms with Gasteiger partial charge in [-0.2, -0.15) is 11.8 Å². The van der Waals surface area contributed by atoms with E-state index in [0.29, 0.717) is 16.5 Å². The molecule has 1 atom stereocenters. The minimum absolute atomic E-state index is 0.374. The van der Waals surface area contributed by atoms with Crippen molar-refractivity contribution in [1.29, 1.82) is 0 Å². The molecule has 1 rings (SSSR count). The normalized spacial score (nSPS) is 11.9. The number of nitrogens with one attached hydrogen (secondary N) is 1. The van der Waals surface area contributed by atoms with Gasteiger partial charge in [0.15, 0.2) is 0 Å². The highest BCUT2D eigenvalue weighted by Gasteiger charge is 2.08. The van der Waals surface area contributed by atoms with Crippen LogP contribution >= 0.6 is 11.8 Å². The predicted molar refractivity (Wildman–Crippen MR) is 73.7 cm³/mol. The molecule has 0 aromatic heterocycles. The Hall–Kier alpha value is -1.36. The standard InChI is InChI=1S/C12H18N2O2S/c1-8(17-3)7-14-11-5-4-9(6-10(11)13)12(15)16-2/h4-6,8,14H,7,13H2,1-3H3. The fourth-order valence-electron chi connectivity index (χ4n) is 1.31. The molecule has 0 spiro atoms. The van der Waals surface area contributed by atoms with Crippen molar-refractivity contribution in [3.05, 3.63) is 23.8 Å². The van der Waals surface area contributed by atoms with Crippen LogP contribution in [0.15, 0.2) is 18.2 Å². The number of nitrogen functional groups attached to an aromatic ring is 1. The van der Waals surface area contributed by atoms with Crippen molar-refractivity contribution in [2.24, 2.45) is 0 Å². The lowest BCUT2D eigenvalue weighted by molar-refractivity contribution is 0.0601. The monoisotopic (exact) mass is 254 g/mol. The van der Waals surface area contributed by atoms with Crippen LogP contribution in [0.25, 0.3) is 0 Å². The van der Waals surface area contributed by atoms with Gasteiger partial charge in [-0.15, -0.1) is 0 Å². The van der Waals surface area contributed by atoms with Crippen LogP contribution in [0.2, 0.25) is 0 Å². The van der Waals surface area contributed by atoms with Gasteiger partial charge in [-0.3, -0.25) is 0 Å². The average Bonchev–Trinajstić information content (AvgIpc) is 2.35. The Labute approximate surface area is 106 Å². The summed E-state index contributed by atoms with van der Waals surface area (Å²) in [4.78, 5) is 11.3. The molecule has 4 nitrogen and oxygen atoms in total. The number of hydrogen-bond donors (Lipinski definition) is 2. The van der Waals surface area contributed by atoms with Gasteiger partial charge in [-0.25, -0.2) is 4.79 Å². The van der Waals surface area contributed by atoms with Crippen LogP contribution in [0.1, 0.15) is 17.3 Å². The van der Waals surface area contributed by atoms with E-state index >= 15 is 0 Å². The first-order valence-corrected chi connectivity index (χ1v) is 6.61. The van der Waals surface area contributed by atoms with Crippen molar-refractivity contribution in [3.63, 3.8) is 0 Å². The summed E-state index contributed by atoms with van der Waals surface area (Å²) >= 11 is 1.78. The molecule has 1 unspecified atom stereocenters. The highest BCUT2D eigenvalue weighted by Crippen LogP contribution is 2.21. The first-order valence-electron chi connectivity index (χ1n) is 5.33. The summed E-state index contributed by atoms with van der Waals surface area (Å²) in [6, 6.07) is 5.13. The summed E-state index contributed by atoms with van der Waals surface area (Å²) in [7, 11) is 1.35. The maximum atomic E-state index is 11.3. The highest BCUT2D eigenvalue weighted by atomic mass is 32.2. The van der Waals surface area contributed by atoms with Crippen LogP contribution in [0, 0.1) is 0 Å². The summed E-state index contributed by atoms with van der Waals surface area (Å²) in [5.41, 5.74) is 7.73. The Balaban J connectivity index is 2.73. The quantitative estimate of drug-likeness (QED) is 0.623. The minimum Gasteiger partial charge on any atom is -0.465 e. The molecule has 0 saturated carbocycles. The Bertz CT molecular complexity index is 396. The number of benzene rings is 1. The average molecular weight is 254 g/mol. The van der Waals surface area contributed by atoms with E-state index in [1.54, 1.807) is 30.0 Å². The summed E-state index contributed by atoms with van der Waals surface area (Å²) < 4.78 is 4.63. The number of thioether (sulfide) groups is 1. The molecule has 0 aliphatic rings. The van der Waals surface area contributed by atoms with Crippen molar-refractivity contribution in [2.75, 3.05) is 31.0 Å². The van der Waals surface area contributed by atoms with Gasteiger partial charge in [0.25, 0.3) is 0 Å². The van der Waals surface area contributed by atoms with Crippen LogP contribution in [-0.4, -0.2) is 31.1 Å². The van der Waals surface area contributed by atoms with Gasteiger partial charge in [-0.1, -0.05) is 6.92 Å². The molecule has 0 radical (unpaired) electrons. The maximum Gasteiger partial charge on any atom is 0.337 e. The number of hydrogen-bond acceptors (Lipinski definition) is 5. The Kier molecular flexibility index (Phi) is 5.15. The fraction of sp³-hybridized carbons (Fsp3) is 0.417. The van der Waals surface area contributed by atoms with Crippen LogP contribution < -0.4 is 11.1 Å². The van der Waals surface area contributed by atoms with Crippen LogP contribution in [0.3, 0.4) is 0 Å². The van der Waals surface area contributed by atoms with Gasteiger partial charge in [0.1, 0.15) is 0 Å². The van der Waals surface area contributed by atoms with Crippen molar-refractivity contribution in [1.82, 2.24) is 0 Å². The molecule has 0 saturated heterocycles. The van der Waals surface area contributed by atoms with Gasteiger partial charge in [0.2, 0.25) is 0 Å². The third-order valence-corrected chi connectivity index (χ3v) is 3.43. The number of methoxy groups -OCH3 is 1. The van der Waals surface area contributed by atoms with E-state index in [2.05, 4.69) is 23.2 Å². The molecule has 0 fully saturated rings. The molecule has 17 heavy (non-hydrogen) atoms. The molecule has 0 heterocycles. The van der Waals surface area contributed by atoms with Gasteiger partial charge in [-0.05, 0) is 24.5 Å². The van der Waals surface area contributed by atoms with Gasteiger partial charge >= 0.3 is 5.97 Å². The predicted octanol–water partition coefficient (Wildman–Crippen LogP) is 2.22. The second kappa shape index (κ2) is 6.39. The van der Waals surface area contributed by atoms with Crippen LogP contribution in [0.5, 0.6) is 0 Å². The van der Waals surface area contributed by atoms with E-state index in [4.69, 9.17) is 5.73 Å². The van der Waals surface area contributed by atoms with Crippen LogP contribution in [-0.2, 0) is 4.74 Å². The second-order valence-electron chi connectivity index (χ2n) is 3.72. The highest BCUT2D eigenvalue weighted by molar-refractivity contribution is 7.99. The molecule has 0 aliphatic heterocycles. The van der Waals surface area contributed by atoms with E-state index in [1.165, 1.54) is 7.11 Å². The molecule has 0 bridgehead atoms. The van der Waals surface area contributed by atoms with Gasteiger partial charge in [0.05, 0.1) is 24.0 Å². The van der Waals surface area contributed by atoms with Crippen molar-refractivity contribution in [3.8, 4) is 0 Å². The van der Waals surface area contributed by atoms with Crippen molar-refractivity contribution >= 4 is 29.1 Å². The third kappa shape index (κ3) is 3.85. The number of nitrogens with two attached hydrogens (primary N) is 1. The van der Waals surface area contributed by atoms with Crippen molar-refractivity contribution in [2.45, 2.75) is 12.2 Å². The molecule has 94 valence electrons. The number of carbonyl (C=O) groups is 1. The van der Waals surface area contributed by atoms with E-state index in [0.717, 1.165) is 12.2 Å². The van der Waals surface area contributed by atoms with E-state index in [-0.39, 0.29) is 5.97 Å². The molecule has 5 heteroatoms. The van der Waals surface area contributed by atoms with Crippen molar-refractivity contribution < 1.29 is 9.53 Å². The molecule has 1 aromatic rings.